The van der Waals surface area contributed by atoms with Gasteiger partial charge in [-0.05, 0) is 35.9 Å². The van der Waals surface area contributed by atoms with Gasteiger partial charge in [-0.25, -0.2) is 9.37 Å². The van der Waals surface area contributed by atoms with Crippen LogP contribution in [-0.2, 0) is 10.2 Å². The average molecular weight is 359 g/mol. The van der Waals surface area contributed by atoms with Crippen molar-refractivity contribution < 1.29 is 9.18 Å². The van der Waals surface area contributed by atoms with Crippen molar-refractivity contribution in [2.24, 2.45) is 0 Å². The van der Waals surface area contributed by atoms with Gasteiger partial charge in [0.15, 0.2) is 0 Å². The number of hydrogen-bond donors (Lipinski definition) is 3. The Labute approximate surface area is 148 Å². The number of anilines is 1. The van der Waals surface area contributed by atoms with Crippen LogP contribution in [0, 0.1) is 5.82 Å². The Kier molecular flexibility index (Phi) is 3.94. The normalized spacial score (nSPS) is 15.8. The number of hydrogen-bond acceptors (Lipinski definition) is 3. The van der Waals surface area contributed by atoms with Gasteiger partial charge >= 0.3 is 0 Å². The van der Waals surface area contributed by atoms with Crippen molar-refractivity contribution >= 4 is 34.5 Å². The molecule has 3 aromatic rings. The second kappa shape index (κ2) is 6.13. The van der Waals surface area contributed by atoms with Crippen molar-refractivity contribution in [1.82, 2.24) is 15.3 Å². The minimum absolute atomic E-state index is 0.143. The van der Waals surface area contributed by atoms with Crippen LogP contribution < -0.4 is 10.6 Å². The molecule has 1 aliphatic heterocycles. The highest BCUT2D eigenvalue weighted by Crippen LogP contribution is 2.32. The van der Waals surface area contributed by atoms with Gasteiger partial charge in [-0.15, -0.1) is 0 Å². The highest BCUT2D eigenvalue weighted by molar-refractivity contribution is 6.31. The predicted molar refractivity (Wildman–Crippen MR) is 95.3 cm³/mol. The maximum Gasteiger partial charge on any atom is 0.227 e. The monoisotopic (exact) mass is 358 g/mol. The molecule has 3 N–H and O–H groups in total. The summed E-state index contributed by atoms with van der Waals surface area (Å²) in [5, 5.41) is 6.61. The molecule has 1 amide bonds. The van der Waals surface area contributed by atoms with Crippen LogP contribution in [0.1, 0.15) is 12.0 Å². The summed E-state index contributed by atoms with van der Waals surface area (Å²) in [5.74, 6) is -0.0312. The smallest absolute Gasteiger partial charge is 0.227 e. The summed E-state index contributed by atoms with van der Waals surface area (Å²) < 4.78 is 13.2. The van der Waals surface area contributed by atoms with E-state index in [1.807, 2.05) is 0 Å². The number of halogens is 2. The Bertz CT molecular complexity index is 934. The largest absolute Gasteiger partial charge is 0.324 e. The van der Waals surface area contributed by atoms with Crippen LogP contribution in [-0.4, -0.2) is 29.0 Å². The molecule has 4 rings (SSSR count). The summed E-state index contributed by atoms with van der Waals surface area (Å²) >= 11 is 5.96. The fraction of sp³-hybridized carbons (Fsp3) is 0.222. The second-order valence-electron chi connectivity index (χ2n) is 6.36. The molecule has 0 atom stereocenters. The van der Waals surface area contributed by atoms with Crippen LogP contribution in [0.4, 0.5) is 10.3 Å². The first-order valence-electron chi connectivity index (χ1n) is 7.96. The number of rotatable bonds is 4. The molecular weight excluding hydrogens is 343 g/mol. The third-order valence-electron chi connectivity index (χ3n) is 4.58. The zero-order valence-corrected chi connectivity index (χ0v) is 14.0. The summed E-state index contributed by atoms with van der Waals surface area (Å²) in [7, 11) is 0. The minimum atomic E-state index is -0.312. The third kappa shape index (κ3) is 3.10. The van der Waals surface area contributed by atoms with Gasteiger partial charge in [-0.3, -0.25) is 10.1 Å². The Morgan fingerprint density at radius 3 is 2.68 bits per heavy atom. The molecule has 1 fully saturated rings. The first-order valence-corrected chi connectivity index (χ1v) is 8.34. The van der Waals surface area contributed by atoms with E-state index in [9.17, 15) is 9.18 Å². The van der Waals surface area contributed by atoms with Crippen LogP contribution in [0.3, 0.4) is 0 Å². The Morgan fingerprint density at radius 2 is 2.00 bits per heavy atom. The van der Waals surface area contributed by atoms with Crippen LogP contribution in [0.2, 0.25) is 5.02 Å². The van der Waals surface area contributed by atoms with E-state index < -0.39 is 0 Å². The summed E-state index contributed by atoms with van der Waals surface area (Å²) in [6.07, 6.45) is 0.295. The number of imidazole rings is 1. The molecular formula is C18H16ClFN4O. The molecule has 1 saturated heterocycles. The van der Waals surface area contributed by atoms with Crippen LogP contribution in [0.25, 0.3) is 11.0 Å². The summed E-state index contributed by atoms with van der Waals surface area (Å²) in [5.41, 5.74) is 2.14. The molecule has 0 aliphatic carbocycles. The molecule has 128 valence electrons. The van der Waals surface area contributed by atoms with Crippen molar-refractivity contribution in [2.75, 3.05) is 18.4 Å². The van der Waals surface area contributed by atoms with E-state index >= 15 is 0 Å². The molecule has 2 aromatic carbocycles. The van der Waals surface area contributed by atoms with Crippen LogP contribution in [0.15, 0.2) is 42.5 Å². The van der Waals surface area contributed by atoms with Gasteiger partial charge in [0, 0.05) is 29.9 Å². The standard InChI is InChI=1S/C18H16ClFN4O/c19-12-3-6-14-15(7-12)23-17(22-14)24-16(25)8-18(9-21-10-18)11-1-4-13(20)5-2-11/h1-7,21H,8-10H2,(H2,22,23,24,25). The number of H-pyrrole nitrogens is 1. The summed E-state index contributed by atoms with van der Waals surface area (Å²) in [4.78, 5) is 19.9. The number of aromatic nitrogens is 2. The van der Waals surface area contributed by atoms with E-state index in [1.54, 1.807) is 30.3 Å². The van der Waals surface area contributed by atoms with E-state index in [0.29, 0.717) is 30.5 Å². The van der Waals surface area contributed by atoms with E-state index in [0.717, 1.165) is 16.6 Å². The minimum Gasteiger partial charge on any atom is -0.324 e. The molecule has 0 bridgehead atoms. The highest BCUT2D eigenvalue weighted by Gasteiger charge is 2.40. The molecule has 2 heterocycles. The number of amides is 1. The van der Waals surface area contributed by atoms with Gasteiger partial charge < -0.3 is 10.3 Å². The molecule has 1 aliphatic rings. The van der Waals surface area contributed by atoms with Crippen molar-refractivity contribution in [1.29, 1.82) is 0 Å². The summed E-state index contributed by atoms with van der Waals surface area (Å²) in [6.45, 7) is 1.36. The maximum atomic E-state index is 13.2. The van der Waals surface area contributed by atoms with E-state index in [4.69, 9.17) is 11.6 Å². The highest BCUT2D eigenvalue weighted by atomic mass is 35.5. The number of benzene rings is 2. The number of nitrogens with one attached hydrogen (secondary N) is 3. The number of aromatic amines is 1. The van der Waals surface area contributed by atoms with Gasteiger partial charge in [-0.2, -0.15) is 0 Å². The SMILES string of the molecule is O=C(CC1(c2ccc(F)cc2)CNC1)Nc1nc2ccc(Cl)cc2[nH]1. The molecule has 0 spiro atoms. The second-order valence-corrected chi connectivity index (χ2v) is 6.80. The number of carbonyl (C=O) groups is 1. The quantitative estimate of drug-likeness (QED) is 0.670. The molecule has 0 unspecified atom stereocenters. The Hall–Kier alpha value is -2.44. The molecule has 0 saturated carbocycles. The maximum absolute atomic E-state index is 13.2. The van der Waals surface area contributed by atoms with Crippen LogP contribution in [0.5, 0.6) is 0 Å². The number of fused-ring (bicyclic) bond motifs is 1. The summed E-state index contributed by atoms with van der Waals surface area (Å²) in [6, 6.07) is 11.6. The fourth-order valence-corrected chi connectivity index (χ4v) is 3.36. The van der Waals surface area contributed by atoms with Gasteiger partial charge in [-0.1, -0.05) is 23.7 Å². The lowest BCUT2D eigenvalue weighted by atomic mass is 9.72. The van der Waals surface area contributed by atoms with Gasteiger partial charge in [0.05, 0.1) is 11.0 Å². The lowest BCUT2D eigenvalue weighted by molar-refractivity contribution is -0.118. The molecule has 1 aromatic heterocycles. The number of carbonyl (C=O) groups excluding carboxylic acids is 1. The van der Waals surface area contributed by atoms with Crippen molar-refractivity contribution in [3.63, 3.8) is 0 Å². The van der Waals surface area contributed by atoms with E-state index in [1.165, 1.54) is 12.1 Å². The molecule has 25 heavy (non-hydrogen) atoms. The molecule has 0 radical (unpaired) electrons. The van der Waals surface area contributed by atoms with Crippen molar-refractivity contribution in [3.8, 4) is 0 Å². The molecule has 5 nitrogen and oxygen atoms in total. The molecule has 7 heteroatoms. The lowest BCUT2D eigenvalue weighted by Gasteiger charge is -2.42. The average Bonchev–Trinajstić information content (AvgIpc) is 2.93. The van der Waals surface area contributed by atoms with Gasteiger partial charge in [0.1, 0.15) is 5.82 Å². The zero-order chi connectivity index (χ0) is 17.4. The topological polar surface area (TPSA) is 69.8 Å². The fourth-order valence-electron chi connectivity index (χ4n) is 3.19. The predicted octanol–water partition coefficient (Wildman–Crippen LogP) is 3.23. The van der Waals surface area contributed by atoms with Crippen LogP contribution >= 0.6 is 11.6 Å². The zero-order valence-electron chi connectivity index (χ0n) is 13.3. The first-order chi connectivity index (χ1) is 12.0. The number of nitrogens with zero attached hydrogens (tertiary/aromatic N) is 1. The third-order valence-corrected chi connectivity index (χ3v) is 4.82. The van der Waals surface area contributed by atoms with E-state index in [2.05, 4.69) is 20.6 Å². The Morgan fingerprint density at radius 1 is 1.24 bits per heavy atom. The van der Waals surface area contributed by atoms with E-state index in [-0.39, 0.29) is 17.1 Å². The lowest BCUT2D eigenvalue weighted by Crippen LogP contribution is -2.58. The first kappa shape index (κ1) is 16.1. The Balaban J connectivity index is 1.51. The van der Waals surface area contributed by atoms with Crippen molar-refractivity contribution in [2.45, 2.75) is 11.8 Å². The van der Waals surface area contributed by atoms with Crippen molar-refractivity contribution in [3.05, 3.63) is 58.9 Å². The van der Waals surface area contributed by atoms with Gasteiger partial charge in [0.25, 0.3) is 0 Å². The van der Waals surface area contributed by atoms with Gasteiger partial charge in [0.2, 0.25) is 11.9 Å².